The molecule has 1 aliphatic heterocycles. The van der Waals surface area contributed by atoms with Gasteiger partial charge >= 0.3 is 0 Å². The summed E-state index contributed by atoms with van der Waals surface area (Å²) in [5.41, 5.74) is 0.268. The SMILES string of the molecule is COCCN1CC(CC#N)CCC1(C)C. The summed E-state index contributed by atoms with van der Waals surface area (Å²) >= 11 is 0. The van der Waals surface area contributed by atoms with E-state index in [0.717, 1.165) is 19.7 Å². The molecule has 3 heteroatoms. The van der Waals surface area contributed by atoms with Crippen LogP contribution in [0.15, 0.2) is 0 Å². The average molecular weight is 210 g/mol. The van der Waals surface area contributed by atoms with Crippen LogP contribution in [-0.4, -0.2) is 37.2 Å². The molecule has 1 unspecified atom stereocenters. The van der Waals surface area contributed by atoms with Gasteiger partial charge in [0.1, 0.15) is 0 Å². The van der Waals surface area contributed by atoms with Crippen molar-refractivity contribution >= 4 is 0 Å². The van der Waals surface area contributed by atoms with Crippen molar-refractivity contribution < 1.29 is 4.74 Å². The zero-order valence-electron chi connectivity index (χ0n) is 10.1. The lowest BCUT2D eigenvalue weighted by Gasteiger charge is -2.45. The van der Waals surface area contributed by atoms with E-state index in [0.29, 0.717) is 12.3 Å². The third kappa shape index (κ3) is 3.48. The second-order valence-electron chi connectivity index (χ2n) is 5.02. The molecule has 0 aromatic carbocycles. The smallest absolute Gasteiger partial charge is 0.0625 e. The number of rotatable bonds is 4. The van der Waals surface area contributed by atoms with Gasteiger partial charge in [-0.1, -0.05) is 0 Å². The van der Waals surface area contributed by atoms with Crippen LogP contribution in [0.4, 0.5) is 0 Å². The van der Waals surface area contributed by atoms with Crippen molar-refractivity contribution in [3.8, 4) is 6.07 Å². The topological polar surface area (TPSA) is 36.3 Å². The van der Waals surface area contributed by atoms with E-state index in [1.807, 2.05) is 0 Å². The molecule has 1 heterocycles. The Morgan fingerprint density at radius 2 is 2.27 bits per heavy atom. The molecule has 0 aromatic heterocycles. The molecule has 15 heavy (non-hydrogen) atoms. The number of nitrogens with zero attached hydrogens (tertiary/aromatic N) is 2. The highest BCUT2D eigenvalue weighted by Gasteiger charge is 2.33. The molecule has 0 bridgehead atoms. The van der Waals surface area contributed by atoms with E-state index >= 15 is 0 Å². The Labute approximate surface area is 93.0 Å². The third-order valence-corrected chi connectivity index (χ3v) is 3.44. The van der Waals surface area contributed by atoms with Crippen molar-refractivity contribution in [1.29, 1.82) is 5.26 Å². The van der Waals surface area contributed by atoms with Crippen LogP contribution < -0.4 is 0 Å². The Morgan fingerprint density at radius 3 is 2.87 bits per heavy atom. The Morgan fingerprint density at radius 1 is 1.53 bits per heavy atom. The maximum Gasteiger partial charge on any atom is 0.0625 e. The predicted octanol–water partition coefficient (Wildman–Crippen LogP) is 2.04. The molecule has 0 spiro atoms. The van der Waals surface area contributed by atoms with Crippen molar-refractivity contribution in [3.63, 3.8) is 0 Å². The molecular weight excluding hydrogens is 188 g/mol. The lowest BCUT2D eigenvalue weighted by atomic mass is 9.83. The van der Waals surface area contributed by atoms with E-state index in [4.69, 9.17) is 10.00 Å². The van der Waals surface area contributed by atoms with Crippen LogP contribution in [0.1, 0.15) is 33.1 Å². The molecule has 3 nitrogen and oxygen atoms in total. The van der Waals surface area contributed by atoms with Crippen LogP contribution in [0.2, 0.25) is 0 Å². The lowest BCUT2D eigenvalue weighted by Crippen LogP contribution is -2.51. The minimum absolute atomic E-state index is 0.268. The fraction of sp³-hybridized carbons (Fsp3) is 0.917. The van der Waals surface area contributed by atoms with E-state index in [1.54, 1.807) is 7.11 Å². The Kier molecular flexibility index (Phi) is 4.56. The van der Waals surface area contributed by atoms with Crippen molar-refractivity contribution in [1.82, 2.24) is 4.90 Å². The molecule has 0 amide bonds. The van der Waals surface area contributed by atoms with E-state index < -0.39 is 0 Å². The van der Waals surface area contributed by atoms with Gasteiger partial charge in [0.2, 0.25) is 0 Å². The van der Waals surface area contributed by atoms with Gasteiger partial charge in [-0.15, -0.1) is 0 Å². The molecule has 0 aromatic rings. The quantitative estimate of drug-likeness (QED) is 0.712. The summed E-state index contributed by atoms with van der Waals surface area (Å²) in [6, 6.07) is 2.28. The van der Waals surface area contributed by atoms with Gasteiger partial charge < -0.3 is 4.74 Å². The molecule has 1 rings (SSSR count). The normalized spacial score (nSPS) is 26.1. The van der Waals surface area contributed by atoms with Crippen molar-refractivity contribution in [2.24, 2.45) is 5.92 Å². The predicted molar refractivity (Wildman–Crippen MR) is 60.5 cm³/mol. The molecular formula is C12H22N2O. The Bertz CT molecular complexity index is 232. The summed E-state index contributed by atoms with van der Waals surface area (Å²) in [6.45, 7) is 7.37. The maximum absolute atomic E-state index is 8.72. The van der Waals surface area contributed by atoms with E-state index in [1.165, 1.54) is 12.8 Å². The summed E-state index contributed by atoms with van der Waals surface area (Å²) in [7, 11) is 1.74. The fourth-order valence-electron chi connectivity index (χ4n) is 2.26. The summed E-state index contributed by atoms with van der Waals surface area (Å²) in [6.07, 6.45) is 3.06. The van der Waals surface area contributed by atoms with Gasteiger partial charge in [0.15, 0.2) is 0 Å². The van der Waals surface area contributed by atoms with Gasteiger partial charge in [-0.25, -0.2) is 0 Å². The summed E-state index contributed by atoms with van der Waals surface area (Å²) < 4.78 is 5.13. The first-order valence-corrected chi connectivity index (χ1v) is 5.71. The van der Waals surface area contributed by atoms with Gasteiger partial charge in [-0.05, 0) is 32.6 Å². The highest BCUT2D eigenvalue weighted by molar-refractivity contribution is 4.91. The number of methoxy groups -OCH3 is 1. The van der Waals surface area contributed by atoms with Gasteiger partial charge in [0, 0.05) is 32.2 Å². The monoisotopic (exact) mass is 210 g/mol. The van der Waals surface area contributed by atoms with Crippen molar-refractivity contribution in [3.05, 3.63) is 0 Å². The zero-order chi connectivity index (χ0) is 11.3. The summed E-state index contributed by atoms with van der Waals surface area (Å²) in [4.78, 5) is 2.46. The molecule has 0 N–H and O–H groups in total. The van der Waals surface area contributed by atoms with Crippen LogP contribution in [0.5, 0.6) is 0 Å². The molecule has 1 saturated heterocycles. The molecule has 0 aliphatic carbocycles. The largest absolute Gasteiger partial charge is 0.383 e. The van der Waals surface area contributed by atoms with Gasteiger partial charge in [-0.3, -0.25) is 4.90 Å². The second kappa shape index (κ2) is 5.48. The molecule has 1 atom stereocenters. The molecule has 1 fully saturated rings. The number of nitriles is 1. The molecule has 86 valence electrons. The van der Waals surface area contributed by atoms with Gasteiger partial charge in [0.05, 0.1) is 12.7 Å². The van der Waals surface area contributed by atoms with E-state index in [-0.39, 0.29) is 5.54 Å². The first-order chi connectivity index (χ1) is 7.10. The van der Waals surface area contributed by atoms with Gasteiger partial charge in [0.25, 0.3) is 0 Å². The average Bonchev–Trinajstić information content (AvgIpc) is 2.19. The number of ether oxygens (including phenoxy) is 1. The van der Waals surface area contributed by atoms with Gasteiger partial charge in [-0.2, -0.15) is 5.26 Å². The van der Waals surface area contributed by atoms with Crippen LogP contribution in [0.3, 0.4) is 0 Å². The molecule has 0 saturated carbocycles. The van der Waals surface area contributed by atoms with Crippen LogP contribution in [-0.2, 0) is 4.74 Å². The molecule has 0 radical (unpaired) electrons. The highest BCUT2D eigenvalue weighted by Crippen LogP contribution is 2.31. The number of likely N-dealkylation sites (tertiary alicyclic amines) is 1. The summed E-state index contributed by atoms with van der Waals surface area (Å²) in [5, 5.41) is 8.72. The van der Waals surface area contributed by atoms with Crippen LogP contribution >= 0.6 is 0 Å². The first-order valence-electron chi connectivity index (χ1n) is 5.71. The van der Waals surface area contributed by atoms with Crippen molar-refractivity contribution in [2.75, 3.05) is 26.8 Å². The third-order valence-electron chi connectivity index (χ3n) is 3.44. The maximum atomic E-state index is 8.72. The van der Waals surface area contributed by atoms with Crippen molar-refractivity contribution in [2.45, 2.75) is 38.6 Å². The van der Waals surface area contributed by atoms with Crippen LogP contribution in [0.25, 0.3) is 0 Å². The first kappa shape index (κ1) is 12.5. The number of hydrogen-bond acceptors (Lipinski definition) is 3. The fourth-order valence-corrected chi connectivity index (χ4v) is 2.26. The van der Waals surface area contributed by atoms with E-state index in [2.05, 4.69) is 24.8 Å². The minimum atomic E-state index is 0.268. The number of hydrogen-bond donors (Lipinski definition) is 0. The second-order valence-corrected chi connectivity index (χ2v) is 5.02. The van der Waals surface area contributed by atoms with E-state index in [9.17, 15) is 0 Å². The summed E-state index contributed by atoms with van der Waals surface area (Å²) in [5.74, 6) is 0.555. The number of piperidine rings is 1. The lowest BCUT2D eigenvalue weighted by molar-refractivity contribution is 0.0244. The molecule has 1 aliphatic rings. The Hall–Kier alpha value is -0.590. The minimum Gasteiger partial charge on any atom is -0.383 e. The highest BCUT2D eigenvalue weighted by atomic mass is 16.5. The Balaban J connectivity index is 2.50. The standard InChI is InChI=1S/C12H22N2O/c1-12(2)6-4-11(5-7-13)10-14(12)8-9-15-3/h11H,4-6,8-10H2,1-3H3. The van der Waals surface area contributed by atoms with Crippen LogP contribution in [0, 0.1) is 17.2 Å². The zero-order valence-corrected chi connectivity index (χ0v) is 10.1.